The maximum absolute atomic E-state index is 11.7. The van der Waals surface area contributed by atoms with Crippen LogP contribution in [0.4, 0.5) is 0 Å². The first kappa shape index (κ1) is 12.4. The Labute approximate surface area is 106 Å². The van der Waals surface area contributed by atoms with Crippen molar-refractivity contribution in [2.75, 3.05) is 6.61 Å². The average molecular weight is 245 g/mol. The Hall–Kier alpha value is -2.10. The fourth-order valence-corrected chi connectivity index (χ4v) is 1.70. The molecule has 18 heavy (non-hydrogen) atoms. The van der Waals surface area contributed by atoms with Crippen LogP contribution in [0.25, 0.3) is 11.3 Å². The number of esters is 1. The third-order valence-electron chi connectivity index (χ3n) is 2.70. The van der Waals surface area contributed by atoms with Crippen LogP contribution in [0.15, 0.2) is 35.1 Å². The molecule has 0 aliphatic heterocycles. The summed E-state index contributed by atoms with van der Waals surface area (Å²) in [6.07, 6.45) is 2.30. The van der Waals surface area contributed by atoms with Crippen LogP contribution in [0.5, 0.6) is 0 Å². The van der Waals surface area contributed by atoms with Gasteiger partial charge in [0.25, 0.3) is 0 Å². The van der Waals surface area contributed by atoms with E-state index >= 15 is 0 Å². The Morgan fingerprint density at radius 1 is 1.28 bits per heavy atom. The lowest BCUT2D eigenvalue weighted by Gasteiger charge is -2.02. The van der Waals surface area contributed by atoms with E-state index in [0.717, 1.165) is 12.0 Å². The number of hydrogen-bond donors (Lipinski definition) is 0. The van der Waals surface area contributed by atoms with Gasteiger partial charge in [0, 0.05) is 5.56 Å². The van der Waals surface area contributed by atoms with Crippen molar-refractivity contribution in [3.63, 3.8) is 0 Å². The number of aryl methyl sites for hydroxylation is 1. The summed E-state index contributed by atoms with van der Waals surface area (Å²) < 4.78 is 9.83. The zero-order valence-corrected chi connectivity index (χ0v) is 10.5. The normalized spacial score (nSPS) is 10.3. The van der Waals surface area contributed by atoms with Crippen LogP contribution >= 0.6 is 0 Å². The van der Waals surface area contributed by atoms with Crippen LogP contribution in [-0.4, -0.2) is 17.7 Å². The van der Waals surface area contributed by atoms with Crippen LogP contribution in [0.3, 0.4) is 0 Å². The topological polar surface area (TPSA) is 52.3 Å². The van der Waals surface area contributed by atoms with E-state index in [2.05, 4.69) is 12.1 Å². The van der Waals surface area contributed by atoms with Crippen molar-refractivity contribution in [1.29, 1.82) is 0 Å². The summed E-state index contributed by atoms with van der Waals surface area (Å²) in [7, 11) is 0. The third kappa shape index (κ3) is 2.42. The zero-order chi connectivity index (χ0) is 13.0. The summed E-state index contributed by atoms with van der Waals surface area (Å²) in [6, 6.07) is 7.89. The number of benzene rings is 1. The van der Waals surface area contributed by atoms with Gasteiger partial charge in [0.15, 0.2) is 0 Å². The van der Waals surface area contributed by atoms with Crippen LogP contribution in [-0.2, 0) is 11.2 Å². The highest BCUT2D eigenvalue weighted by atomic mass is 16.5. The molecule has 0 saturated heterocycles. The Morgan fingerprint density at radius 2 is 2.00 bits per heavy atom. The van der Waals surface area contributed by atoms with Crippen molar-refractivity contribution in [1.82, 2.24) is 5.16 Å². The number of carbonyl (C=O) groups is 1. The second-order valence-electron chi connectivity index (χ2n) is 3.85. The van der Waals surface area contributed by atoms with E-state index in [1.165, 1.54) is 11.8 Å². The van der Waals surface area contributed by atoms with Gasteiger partial charge in [-0.25, -0.2) is 4.79 Å². The SMILES string of the molecule is CCOC(=O)c1conc1-c1ccc(CC)cc1. The molecule has 0 amide bonds. The predicted octanol–water partition coefficient (Wildman–Crippen LogP) is 3.08. The van der Waals surface area contributed by atoms with Gasteiger partial charge in [-0.15, -0.1) is 0 Å². The molecule has 0 atom stereocenters. The van der Waals surface area contributed by atoms with E-state index in [9.17, 15) is 4.79 Å². The highest BCUT2D eigenvalue weighted by molar-refractivity contribution is 5.95. The monoisotopic (exact) mass is 245 g/mol. The van der Waals surface area contributed by atoms with Gasteiger partial charge in [-0.2, -0.15) is 0 Å². The lowest BCUT2D eigenvalue weighted by molar-refractivity contribution is 0.0526. The maximum Gasteiger partial charge on any atom is 0.343 e. The van der Waals surface area contributed by atoms with Crippen LogP contribution in [0, 0.1) is 0 Å². The minimum atomic E-state index is -0.409. The Kier molecular flexibility index (Phi) is 3.77. The molecule has 94 valence electrons. The highest BCUT2D eigenvalue weighted by Crippen LogP contribution is 2.23. The highest BCUT2D eigenvalue weighted by Gasteiger charge is 2.18. The molecule has 4 heteroatoms. The second kappa shape index (κ2) is 5.49. The lowest BCUT2D eigenvalue weighted by Crippen LogP contribution is -2.04. The summed E-state index contributed by atoms with van der Waals surface area (Å²) in [5, 5.41) is 3.87. The Balaban J connectivity index is 2.32. The van der Waals surface area contributed by atoms with Crippen LogP contribution in [0.1, 0.15) is 29.8 Å². The standard InChI is InChI=1S/C14H15NO3/c1-3-10-5-7-11(8-6-10)13-12(9-18-15-13)14(16)17-4-2/h5-9H,3-4H2,1-2H3. The molecule has 1 aromatic carbocycles. The summed E-state index contributed by atoms with van der Waals surface area (Å²) in [6.45, 7) is 4.19. The smallest absolute Gasteiger partial charge is 0.343 e. The number of ether oxygens (including phenoxy) is 1. The van der Waals surface area contributed by atoms with Gasteiger partial charge in [0.1, 0.15) is 17.5 Å². The van der Waals surface area contributed by atoms with Gasteiger partial charge in [-0.1, -0.05) is 36.3 Å². The molecule has 2 rings (SSSR count). The molecule has 2 aromatic rings. The van der Waals surface area contributed by atoms with Crippen molar-refractivity contribution >= 4 is 5.97 Å². The summed E-state index contributed by atoms with van der Waals surface area (Å²) in [5.74, 6) is -0.409. The molecule has 1 aromatic heterocycles. The van der Waals surface area contributed by atoms with Gasteiger partial charge in [0.05, 0.1) is 6.61 Å². The van der Waals surface area contributed by atoms with Gasteiger partial charge < -0.3 is 9.26 Å². The van der Waals surface area contributed by atoms with Crippen molar-refractivity contribution in [2.24, 2.45) is 0 Å². The third-order valence-corrected chi connectivity index (χ3v) is 2.70. The lowest BCUT2D eigenvalue weighted by atomic mass is 10.1. The molecule has 0 spiro atoms. The van der Waals surface area contributed by atoms with E-state index in [-0.39, 0.29) is 0 Å². The quantitative estimate of drug-likeness (QED) is 0.777. The van der Waals surface area contributed by atoms with E-state index in [1.54, 1.807) is 6.92 Å². The fourth-order valence-electron chi connectivity index (χ4n) is 1.70. The first-order valence-electron chi connectivity index (χ1n) is 5.97. The van der Waals surface area contributed by atoms with E-state index in [1.807, 2.05) is 24.3 Å². The van der Waals surface area contributed by atoms with Crippen molar-refractivity contribution < 1.29 is 14.1 Å². The molecule has 1 heterocycles. The van der Waals surface area contributed by atoms with Crippen molar-refractivity contribution in [3.05, 3.63) is 41.7 Å². The summed E-state index contributed by atoms with van der Waals surface area (Å²) >= 11 is 0. The molecule has 0 bridgehead atoms. The molecule has 0 N–H and O–H groups in total. The second-order valence-corrected chi connectivity index (χ2v) is 3.85. The Morgan fingerprint density at radius 3 is 2.61 bits per heavy atom. The predicted molar refractivity (Wildman–Crippen MR) is 67.3 cm³/mol. The molecule has 0 aliphatic rings. The van der Waals surface area contributed by atoms with Crippen LogP contribution < -0.4 is 0 Å². The largest absolute Gasteiger partial charge is 0.462 e. The van der Waals surface area contributed by atoms with Crippen LogP contribution in [0.2, 0.25) is 0 Å². The van der Waals surface area contributed by atoms with Gasteiger partial charge in [-0.3, -0.25) is 0 Å². The van der Waals surface area contributed by atoms with Crippen molar-refractivity contribution in [3.8, 4) is 11.3 Å². The molecule has 0 unspecified atom stereocenters. The Bertz CT molecular complexity index is 528. The number of carbonyl (C=O) groups excluding carboxylic acids is 1. The molecule has 0 radical (unpaired) electrons. The first-order valence-corrected chi connectivity index (χ1v) is 5.97. The minimum absolute atomic E-state index is 0.332. The van der Waals surface area contributed by atoms with Gasteiger partial charge in [0.2, 0.25) is 0 Å². The van der Waals surface area contributed by atoms with Crippen molar-refractivity contribution in [2.45, 2.75) is 20.3 Å². The van der Waals surface area contributed by atoms with E-state index in [4.69, 9.17) is 9.26 Å². The molecule has 0 fully saturated rings. The number of aromatic nitrogens is 1. The summed E-state index contributed by atoms with van der Waals surface area (Å²) in [5.41, 5.74) is 2.97. The molecule has 0 saturated carbocycles. The fraction of sp³-hybridized carbons (Fsp3) is 0.286. The summed E-state index contributed by atoms with van der Waals surface area (Å²) in [4.78, 5) is 11.7. The van der Waals surface area contributed by atoms with Gasteiger partial charge >= 0.3 is 5.97 Å². The maximum atomic E-state index is 11.7. The van der Waals surface area contributed by atoms with E-state index < -0.39 is 5.97 Å². The molecule has 4 nitrogen and oxygen atoms in total. The van der Waals surface area contributed by atoms with Gasteiger partial charge in [-0.05, 0) is 18.9 Å². The molecular weight excluding hydrogens is 230 g/mol. The average Bonchev–Trinajstić information content (AvgIpc) is 2.88. The minimum Gasteiger partial charge on any atom is -0.462 e. The molecule has 0 aliphatic carbocycles. The number of hydrogen-bond acceptors (Lipinski definition) is 4. The number of nitrogens with zero attached hydrogens (tertiary/aromatic N) is 1. The number of rotatable bonds is 4. The van der Waals surface area contributed by atoms with E-state index in [0.29, 0.717) is 17.9 Å². The first-order chi connectivity index (χ1) is 8.76. The molecular formula is C14H15NO3. The zero-order valence-electron chi connectivity index (χ0n) is 10.5.